The van der Waals surface area contributed by atoms with Gasteiger partial charge < -0.3 is 5.32 Å². The maximum absolute atomic E-state index is 12.3. The first-order valence-corrected chi connectivity index (χ1v) is 8.15. The van der Waals surface area contributed by atoms with E-state index >= 15 is 0 Å². The van der Waals surface area contributed by atoms with E-state index < -0.39 is 0 Å². The molecule has 0 aliphatic carbocycles. The van der Waals surface area contributed by atoms with Crippen molar-refractivity contribution in [1.82, 2.24) is 9.78 Å². The van der Waals surface area contributed by atoms with Crippen molar-refractivity contribution in [3.63, 3.8) is 0 Å². The standard InChI is InChI=1S/C21H17N3O/c25-21(23-19-9-8-17-4-1-2-5-18(17)15-19)14-16-6-10-20(11-7-16)24-13-3-12-22-24/h1-13,15H,14H2,(H,23,25). The highest BCUT2D eigenvalue weighted by Crippen LogP contribution is 2.19. The van der Waals surface area contributed by atoms with Gasteiger partial charge in [0.25, 0.3) is 0 Å². The van der Waals surface area contributed by atoms with Crippen LogP contribution in [0.25, 0.3) is 16.5 Å². The maximum Gasteiger partial charge on any atom is 0.228 e. The lowest BCUT2D eigenvalue weighted by atomic mass is 10.1. The molecule has 0 bridgehead atoms. The molecule has 3 aromatic carbocycles. The molecule has 0 saturated heterocycles. The fourth-order valence-electron chi connectivity index (χ4n) is 2.85. The smallest absolute Gasteiger partial charge is 0.228 e. The van der Waals surface area contributed by atoms with E-state index in [4.69, 9.17) is 0 Å². The lowest BCUT2D eigenvalue weighted by Crippen LogP contribution is -2.14. The van der Waals surface area contributed by atoms with Gasteiger partial charge >= 0.3 is 0 Å². The molecule has 25 heavy (non-hydrogen) atoms. The average Bonchev–Trinajstić information content (AvgIpc) is 3.17. The Kier molecular flexibility index (Phi) is 4.01. The molecule has 0 spiro atoms. The molecule has 0 unspecified atom stereocenters. The zero-order chi connectivity index (χ0) is 17.1. The normalized spacial score (nSPS) is 10.7. The fourth-order valence-corrected chi connectivity index (χ4v) is 2.85. The highest BCUT2D eigenvalue weighted by atomic mass is 16.1. The lowest BCUT2D eigenvalue weighted by Gasteiger charge is -2.08. The topological polar surface area (TPSA) is 46.9 Å². The van der Waals surface area contributed by atoms with Gasteiger partial charge in [-0.05, 0) is 46.7 Å². The van der Waals surface area contributed by atoms with Gasteiger partial charge in [0, 0.05) is 18.1 Å². The van der Waals surface area contributed by atoms with Crippen LogP contribution in [0.4, 0.5) is 5.69 Å². The Bertz CT molecular complexity index is 1000. The number of nitrogens with one attached hydrogen (secondary N) is 1. The van der Waals surface area contributed by atoms with Gasteiger partial charge in [0.15, 0.2) is 0 Å². The number of carbonyl (C=O) groups is 1. The SMILES string of the molecule is O=C(Cc1ccc(-n2cccn2)cc1)Nc1ccc2ccccc2c1. The molecule has 4 aromatic rings. The van der Waals surface area contributed by atoms with E-state index in [1.165, 1.54) is 0 Å². The summed E-state index contributed by atoms with van der Waals surface area (Å²) in [5.74, 6) is -0.0258. The Hall–Kier alpha value is -3.40. The third kappa shape index (κ3) is 3.43. The van der Waals surface area contributed by atoms with Crippen molar-refractivity contribution < 1.29 is 4.79 Å². The minimum Gasteiger partial charge on any atom is -0.326 e. The fraction of sp³-hybridized carbons (Fsp3) is 0.0476. The summed E-state index contributed by atoms with van der Waals surface area (Å²) in [7, 11) is 0. The Balaban J connectivity index is 1.44. The number of hydrogen-bond acceptors (Lipinski definition) is 2. The van der Waals surface area contributed by atoms with Crippen LogP contribution in [0.1, 0.15) is 5.56 Å². The number of aromatic nitrogens is 2. The largest absolute Gasteiger partial charge is 0.326 e. The molecule has 0 saturated carbocycles. The third-order valence-corrected chi connectivity index (χ3v) is 4.10. The molecule has 0 atom stereocenters. The molecule has 1 heterocycles. The Labute approximate surface area is 145 Å². The summed E-state index contributed by atoms with van der Waals surface area (Å²) in [6.45, 7) is 0. The van der Waals surface area contributed by atoms with Gasteiger partial charge in [-0.1, -0.05) is 42.5 Å². The van der Waals surface area contributed by atoms with Gasteiger partial charge in [0.1, 0.15) is 0 Å². The number of benzene rings is 3. The molecule has 1 N–H and O–H groups in total. The summed E-state index contributed by atoms with van der Waals surface area (Å²) in [5, 5.41) is 9.44. The van der Waals surface area contributed by atoms with Crippen molar-refractivity contribution >= 4 is 22.4 Å². The predicted octanol–water partition coefficient (Wildman–Crippen LogP) is 4.21. The van der Waals surface area contributed by atoms with E-state index in [1.54, 1.807) is 10.9 Å². The van der Waals surface area contributed by atoms with Crippen LogP contribution in [-0.2, 0) is 11.2 Å². The summed E-state index contributed by atoms with van der Waals surface area (Å²) < 4.78 is 1.79. The number of fused-ring (bicyclic) bond motifs is 1. The third-order valence-electron chi connectivity index (χ3n) is 4.10. The van der Waals surface area contributed by atoms with Crippen molar-refractivity contribution in [2.24, 2.45) is 0 Å². The number of hydrogen-bond donors (Lipinski definition) is 1. The minimum absolute atomic E-state index is 0.0258. The monoisotopic (exact) mass is 327 g/mol. The molecule has 0 aliphatic heterocycles. The summed E-state index contributed by atoms with van der Waals surface area (Å²) in [6.07, 6.45) is 3.97. The molecule has 0 aliphatic rings. The van der Waals surface area contributed by atoms with Crippen molar-refractivity contribution in [3.8, 4) is 5.69 Å². The zero-order valence-electron chi connectivity index (χ0n) is 13.6. The van der Waals surface area contributed by atoms with Gasteiger partial charge in [-0.15, -0.1) is 0 Å². The van der Waals surface area contributed by atoms with Gasteiger partial charge in [0.05, 0.1) is 12.1 Å². The second-order valence-corrected chi connectivity index (χ2v) is 5.90. The Morgan fingerprint density at radius 3 is 2.48 bits per heavy atom. The van der Waals surface area contributed by atoms with E-state index in [1.807, 2.05) is 72.9 Å². The highest BCUT2D eigenvalue weighted by molar-refractivity contribution is 5.95. The van der Waals surface area contributed by atoms with Crippen molar-refractivity contribution in [1.29, 1.82) is 0 Å². The average molecular weight is 327 g/mol. The predicted molar refractivity (Wildman–Crippen MR) is 99.8 cm³/mol. The van der Waals surface area contributed by atoms with E-state index in [2.05, 4.69) is 16.5 Å². The lowest BCUT2D eigenvalue weighted by molar-refractivity contribution is -0.115. The van der Waals surface area contributed by atoms with Crippen LogP contribution in [0, 0.1) is 0 Å². The molecule has 4 heteroatoms. The van der Waals surface area contributed by atoms with Crippen molar-refractivity contribution in [2.75, 3.05) is 5.32 Å². The molecular formula is C21H17N3O. The molecule has 0 fully saturated rings. The van der Waals surface area contributed by atoms with Crippen LogP contribution in [-0.4, -0.2) is 15.7 Å². The van der Waals surface area contributed by atoms with Crippen LogP contribution in [0.15, 0.2) is 85.2 Å². The molecular weight excluding hydrogens is 310 g/mol. The van der Waals surface area contributed by atoms with Gasteiger partial charge in [-0.25, -0.2) is 4.68 Å². The number of rotatable bonds is 4. The molecule has 4 rings (SSSR count). The summed E-state index contributed by atoms with van der Waals surface area (Å²) in [5.41, 5.74) is 2.76. The first kappa shape index (κ1) is 15.1. The molecule has 0 radical (unpaired) electrons. The van der Waals surface area contributed by atoms with Gasteiger partial charge in [-0.3, -0.25) is 4.79 Å². The summed E-state index contributed by atoms with van der Waals surface area (Å²) in [4.78, 5) is 12.3. The summed E-state index contributed by atoms with van der Waals surface area (Å²) >= 11 is 0. The second-order valence-electron chi connectivity index (χ2n) is 5.90. The number of amides is 1. The maximum atomic E-state index is 12.3. The molecule has 4 nitrogen and oxygen atoms in total. The van der Waals surface area contributed by atoms with Gasteiger partial charge in [0.2, 0.25) is 5.91 Å². The Morgan fingerprint density at radius 1 is 0.920 bits per heavy atom. The quantitative estimate of drug-likeness (QED) is 0.610. The van der Waals surface area contributed by atoms with Gasteiger partial charge in [-0.2, -0.15) is 5.10 Å². The first-order valence-electron chi connectivity index (χ1n) is 8.15. The number of carbonyl (C=O) groups excluding carboxylic acids is 1. The zero-order valence-corrected chi connectivity index (χ0v) is 13.6. The number of anilines is 1. The van der Waals surface area contributed by atoms with E-state index in [-0.39, 0.29) is 5.91 Å². The Morgan fingerprint density at radius 2 is 1.72 bits per heavy atom. The van der Waals surface area contributed by atoms with E-state index in [0.29, 0.717) is 6.42 Å². The summed E-state index contributed by atoms with van der Waals surface area (Å²) in [6, 6.07) is 23.8. The second kappa shape index (κ2) is 6.61. The van der Waals surface area contributed by atoms with Crippen LogP contribution in [0.5, 0.6) is 0 Å². The van der Waals surface area contributed by atoms with E-state index in [9.17, 15) is 4.79 Å². The van der Waals surface area contributed by atoms with Crippen LogP contribution < -0.4 is 5.32 Å². The van der Waals surface area contributed by atoms with Crippen molar-refractivity contribution in [3.05, 3.63) is 90.8 Å². The molecule has 122 valence electrons. The van der Waals surface area contributed by atoms with Crippen LogP contribution in [0.3, 0.4) is 0 Å². The van der Waals surface area contributed by atoms with Crippen molar-refractivity contribution in [2.45, 2.75) is 6.42 Å². The minimum atomic E-state index is -0.0258. The first-order chi connectivity index (χ1) is 12.3. The van der Waals surface area contributed by atoms with Crippen LogP contribution >= 0.6 is 0 Å². The highest BCUT2D eigenvalue weighted by Gasteiger charge is 2.05. The molecule has 1 amide bonds. The molecule has 1 aromatic heterocycles. The van der Waals surface area contributed by atoms with Crippen LogP contribution in [0.2, 0.25) is 0 Å². The van der Waals surface area contributed by atoms with E-state index in [0.717, 1.165) is 27.7 Å². The number of nitrogens with zero attached hydrogens (tertiary/aromatic N) is 2.